The molecule has 0 aliphatic carbocycles. The van der Waals surface area contributed by atoms with E-state index in [1.165, 1.54) is 6.08 Å². The summed E-state index contributed by atoms with van der Waals surface area (Å²) in [6.45, 7) is 1.78. The molecule has 0 radical (unpaired) electrons. The first-order valence-electron chi connectivity index (χ1n) is 6.09. The van der Waals surface area contributed by atoms with Crippen LogP contribution in [0.4, 0.5) is 0 Å². The molecule has 0 heterocycles. The summed E-state index contributed by atoms with van der Waals surface area (Å²) in [6, 6.07) is 7.49. The molecule has 5 heteroatoms. The molecule has 3 N–H and O–H groups in total. The summed E-state index contributed by atoms with van der Waals surface area (Å²) in [5.74, 6) is -0.971. The number of carboxylic acid groups (broad SMARTS) is 1. The highest BCUT2D eigenvalue weighted by atomic mass is 16.4. The maximum absolute atomic E-state index is 10.4. The van der Waals surface area contributed by atoms with Gasteiger partial charge >= 0.3 is 5.97 Å². The van der Waals surface area contributed by atoms with Crippen molar-refractivity contribution in [2.24, 2.45) is 0 Å². The van der Waals surface area contributed by atoms with Crippen LogP contribution >= 0.6 is 0 Å². The molecule has 5 nitrogen and oxygen atoms in total. The first kappa shape index (κ1) is 15.4. The Bertz CT molecular complexity index is 408. The van der Waals surface area contributed by atoms with E-state index < -0.39 is 5.97 Å². The minimum atomic E-state index is -0.971. The molecule has 0 aliphatic heterocycles. The summed E-state index contributed by atoms with van der Waals surface area (Å²) >= 11 is 0. The van der Waals surface area contributed by atoms with Crippen LogP contribution in [0.2, 0.25) is 0 Å². The van der Waals surface area contributed by atoms with E-state index in [0.29, 0.717) is 19.6 Å². The molecule has 1 aromatic carbocycles. The van der Waals surface area contributed by atoms with Gasteiger partial charge < -0.3 is 15.3 Å². The Labute approximate surface area is 112 Å². The third-order valence-corrected chi connectivity index (χ3v) is 2.64. The fourth-order valence-corrected chi connectivity index (χ4v) is 1.71. The summed E-state index contributed by atoms with van der Waals surface area (Å²) in [7, 11) is 0. The molecule has 0 fully saturated rings. The van der Waals surface area contributed by atoms with Gasteiger partial charge in [0.2, 0.25) is 0 Å². The van der Waals surface area contributed by atoms with Crippen molar-refractivity contribution in [2.75, 3.05) is 26.3 Å². The number of aliphatic hydroxyl groups is 2. The number of nitrogens with zero attached hydrogens (tertiary/aromatic N) is 1. The Balaban J connectivity index is 2.62. The van der Waals surface area contributed by atoms with E-state index in [9.17, 15) is 4.79 Å². The number of hydrogen-bond acceptors (Lipinski definition) is 4. The number of rotatable bonds is 8. The van der Waals surface area contributed by atoms with E-state index in [1.807, 2.05) is 29.2 Å². The van der Waals surface area contributed by atoms with Crippen molar-refractivity contribution in [1.82, 2.24) is 4.90 Å². The third-order valence-electron chi connectivity index (χ3n) is 2.64. The minimum absolute atomic E-state index is 0.0550. The van der Waals surface area contributed by atoms with E-state index in [1.54, 1.807) is 0 Å². The molecule has 0 saturated carbocycles. The first-order chi connectivity index (χ1) is 9.15. The summed E-state index contributed by atoms with van der Waals surface area (Å²) < 4.78 is 0. The molecule has 0 spiro atoms. The lowest BCUT2D eigenvalue weighted by Gasteiger charge is -2.20. The van der Waals surface area contributed by atoms with E-state index in [2.05, 4.69) is 0 Å². The molecule has 1 rings (SSSR count). The van der Waals surface area contributed by atoms with Crippen LogP contribution in [0.3, 0.4) is 0 Å². The van der Waals surface area contributed by atoms with Gasteiger partial charge in [0.05, 0.1) is 13.2 Å². The van der Waals surface area contributed by atoms with Crippen molar-refractivity contribution < 1.29 is 20.1 Å². The monoisotopic (exact) mass is 265 g/mol. The number of hydrogen-bond donors (Lipinski definition) is 3. The van der Waals surface area contributed by atoms with Crippen LogP contribution in [0, 0.1) is 0 Å². The molecule has 0 aliphatic rings. The van der Waals surface area contributed by atoms with Gasteiger partial charge in [0.15, 0.2) is 0 Å². The number of carboxylic acids is 1. The fraction of sp³-hybridized carbons (Fsp3) is 0.357. The average molecular weight is 265 g/mol. The summed E-state index contributed by atoms with van der Waals surface area (Å²) in [5.41, 5.74) is 1.87. The highest BCUT2D eigenvalue weighted by molar-refractivity contribution is 5.85. The van der Waals surface area contributed by atoms with Crippen molar-refractivity contribution in [3.63, 3.8) is 0 Å². The van der Waals surface area contributed by atoms with E-state index >= 15 is 0 Å². The second-order valence-corrected chi connectivity index (χ2v) is 4.14. The van der Waals surface area contributed by atoms with Crippen LogP contribution < -0.4 is 0 Å². The molecule has 104 valence electrons. The van der Waals surface area contributed by atoms with Gasteiger partial charge in [-0.2, -0.15) is 0 Å². The Kier molecular flexibility index (Phi) is 6.81. The van der Waals surface area contributed by atoms with Gasteiger partial charge in [-0.05, 0) is 17.2 Å². The van der Waals surface area contributed by atoms with Gasteiger partial charge in [-0.25, -0.2) is 4.79 Å². The molecule has 0 atom stereocenters. The fourth-order valence-electron chi connectivity index (χ4n) is 1.71. The maximum Gasteiger partial charge on any atom is 0.328 e. The predicted octanol–water partition coefficient (Wildman–Crippen LogP) is 0.571. The van der Waals surface area contributed by atoms with Gasteiger partial charge in [-0.15, -0.1) is 0 Å². The van der Waals surface area contributed by atoms with Crippen molar-refractivity contribution >= 4 is 12.0 Å². The van der Waals surface area contributed by atoms with Crippen molar-refractivity contribution in [3.05, 3.63) is 41.5 Å². The summed E-state index contributed by atoms with van der Waals surface area (Å²) in [6.07, 6.45) is 2.63. The molecular weight excluding hydrogens is 246 g/mol. The quantitative estimate of drug-likeness (QED) is 0.599. The molecule has 0 aromatic heterocycles. The second-order valence-electron chi connectivity index (χ2n) is 4.14. The normalized spacial score (nSPS) is 11.3. The minimum Gasteiger partial charge on any atom is -0.478 e. The van der Waals surface area contributed by atoms with Crippen molar-refractivity contribution in [2.45, 2.75) is 6.54 Å². The van der Waals surface area contributed by atoms with E-state index in [0.717, 1.165) is 17.2 Å². The van der Waals surface area contributed by atoms with Crippen molar-refractivity contribution in [3.8, 4) is 0 Å². The van der Waals surface area contributed by atoms with Crippen LogP contribution in [-0.2, 0) is 11.3 Å². The lowest BCUT2D eigenvalue weighted by atomic mass is 10.1. The summed E-state index contributed by atoms with van der Waals surface area (Å²) in [5, 5.41) is 26.4. The number of benzene rings is 1. The van der Waals surface area contributed by atoms with Gasteiger partial charge in [-0.3, -0.25) is 4.90 Å². The Hall–Kier alpha value is -1.69. The molecule has 0 amide bonds. The molecule has 0 unspecified atom stereocenters. The van der Waals surface area contributed by atoms with Crippen LogP contribution in [0.5, 0.6) is 0 Å². The molecule has 19 heavy (non-hydrogen) atoms. The highest BCUT2D eigenvalue weighted by Gasteiger charge is 2.04. The van der Waals surface area contributed by atoms with Gasteiger partial charge in [0.25, 0.3) is 0 Å². The molecule has 0 bridgehead atoms. The van der Waals surface area contributed by atoms with Gasteiger partial charge in [-0.1, -0.05) is 24.3 Å². The van der Waals surface area contributed by atoms with Gasteiger partial charge in [0, 0.05) is 25.7 Å². The first-order valence-corrected chi connectivity index (χ1v) is 6.09. The second kappa shape index (κ2) is 8.42. The predicted molar refractivity (Wildman–Crippen MR) is 72.6 cm³/mol. The van der Waals surface area contributed by atoms with Crippen LogP contribution in [0.1, 0.15) is 11.1 Å². The third kappa shape index (κ3) is 6.15. The number of carbonyl (C=O) groups is 1. The van der Waals surface area contributed by atoms with Crippen molar-refractivity contribution in [1.29, 1.82) is 0 Å². The standard InChI is InChI=1S/C14H19NO4/c16-9-7-15(8-10-17)11-13-3-1-12(2-4-13)5-6-14(18)19/h1-6,16-17H,7-11H2,(H,18,19). The Morgan fingerprint density at radius 2 is 1.68 bits per heavy atom. The van der Waals surface area contributed by atoms with E-state index in [-0.39, 0.29) is 13.2 Å². The zero-order valence-corrected chi connectivity index (χ0v) is 10.7. The number of aliphatic carboxylic acids is 1. The Morgan fingerprint density at radius 3 is 2.16 bits per heavy atom. The largest absolute Gasteiger partial charge is 0.478 e. The lowest BCUT2D eigenvalue weighted by molar-refractivity contribution is -0.131. The molecule has 1 aromatic rings. The lowest BCUT2D eigenvalue weighted by Crippen LogP contribution is -2.29. The van der Waals surface area contributed by atoms with Crippen LogP contribution in [-0.4, -0.2) is 52.5 Å². The van der Waals surface area contributed by atoms with E-state index in [4.69, 9.17) is 15.3 Å². The number of aliphatic hydroxyl groups excluding tert-OH is 2. The van der Waals surface area contributed by atoms with Gasteiger partial charge in [0.1, 0.15) is 0 Å². The average Bonchev–Trinajstić information content (AvgIpc) is 2.38. The summed E-state index contributed by atoms with van der Waals surface area (Å²) in [4.78, 5) is 12.3. The topological polar surface area (TPSA) is 81.0 Å². The van der Waals surface area contributed by atoms with Crippen LogP contribution in [0.25, 0.3) is 6.08 Å². The smallest absolute Gasteiger partial charge is 0.328 e. The zero-order chi connectivity index (χ0) is 14.1. The maximum atomic E-state index is 10.4. The SMILES string of the molecule is O=C(O)C=Cc1ccc(CN(CCO)CCO)cc1. The Morgan fingerprint density at radius 1 is 1.11 bits per heavy atom. The molecule has 0 saturated heterocycles. The zero-order valence-electron chi connectivity index (χ0n) is 10.7. The molecular formula is C14H19NO4. The highest BCUT2D eigenvalue weighted by Crippen LogP contribution is 2.09. The van der Waals surface area contributed by atoms with Crippen LogP contribution in [0.15, 0.2) is 30.3 Å².